The van der Waals surface area contributed by atoms with Crippen LogP contribution < -0.4 is 10.6 Å². The number of piperidine rings is 1. The predicted octanol–water partition coefficient (Wildman–Crippen LogP) is 0.761. The fourth-order valence-corrected chi connectivity index (χ4v) is 2.44. The molecule has 1 aromatic heterocycles. The van der Waals surface area contributed by atoms with E-state index < -0.39 is 0 Å². The van der Waals surface area contributed by atoms with Crippen molar-refractivity contribution in [3.05, 3.63) is 23.2 Å². The number of ether oxygens (including phenoxy) is 1. The summed E-state index contributed by atoms with van der Waals surface area (Å²) in [5.74, 6) is 0.00800. The number of carbonyl (C=O) groups excluding carboxylic acids is 1. The van der Waals surface area contributed by atoms with Gasteiger partial charge < -0.3 is 15.4 Å². The van der Waals surface area contributed by atoms with E-state index in [2.05, 4.69) is 20.6 Å². The molecule has 2 heterocycles. The molecular weight excluding hydrogens is 280 g/mol. The molecule has 0 aliphatic carbocycles. The zero-order valence-electron chi connectivity index (χ0n) is 11.4. The summed E-state index contributed by atoms with van der Waals surface area (Å²) in [7, 11) is 1.69. The van der Waals surface area contributed by atoms with Crippen LogP contribution in [0.15, 0.2) is 12.4 Å². The molecule has 2 atom stereocenters. The number of nitrogens with one attached hydrogen (secondary N) is 2. The van der Waals surface area contributed by atoms with Crippen molar-refractivity contribution in [3.63, 3.8) is 0 Å². The number of methoxy groups -OCH3 is 1. The predicted molar refractivity (Wildman–Crippen MR) is 75.3 cm³/mol. The van der Waals surface area contributed by atoms with Crippen LogP contribution in [0.25, 0.3) is 0 Å². The van der Waals surface area contributed by atoms with E-state index in [4.69, 9.17) is 16.3 Å². The van der Waals surface area contributed by atoms with Crippen molar-refractivity contribution in [1.82, 2.24) is 20.6 Å². The molecule has 2 unspecified atom stereocenters. The van der Waals surface area contributed by atoms with Gasteiger partial charge in [0, 0.05) is 32.1 Å². The van der Waals surface area contributed by atoms with Crippen molar-refractivity contribution < 1.29 is 9.53 Å². The summed E-state index contributed by atoms with van der Waals surface area (Å²) in [6, 6.07) is 0.346. The van der Waals surface area contributed by atoms with E-state index in [0.29, 0.717) is 36.6 Å². The molecule has 2 N–H and O–H groups in total. The van der Waals surface area contributed by atoms with Gasteiger partial charge in [-0.05, 0) is 12.8 Å². The molecule has 1 fully saturated rings. The molecule has 1 aromatic rings. The number of carbonyl (C=O) groups is 1. The molecule has 1 saturated heterocycles. The minimum Gasteiger partial charge on any atom is -0.383 e. The third kappa shape index (κ3) is 4.13. The third-order valence-electron chi connectivity index (χ3n) is 3.41. The third-order valence-corrected chi connectivity index (χ3v) is 3.72. The van der Waals surface area contributed by atoms with Crippen molar-refractivity contribution in [2.75, 3.05) is 20.3 Å². The van der Waals surface area contributed by atoms with Gasteiger partial charge in [0.2, 0.25) is 5.91 Å². The lowest BCUT2D eigenvalue weighted by Crippen LogP contribution is -2.46. The van der Waals surface area contributed by atoms with Crippen molar-refractivity contribution >= 4 is 17.5 Å². The Morgan fingerprint density at radius 3 is 2.95 bits per heavy atom. The van der Waals surface area contributed by atoms with Gasteiger partial charge in [0.1, 0.15) is 0 Å². The first kappa shape index (κ1) is 15.2. The first-order chi connectivity index (χ1) is 9.70. The van der Waals surface area contributed by atoms with Gasteiger partial charge in [-0.15, -0.1) is 0 Å². The molecule has 2 rings (SSSR count). The maximum atomic E-state index is 12.1. The summed E-state index contributed by atoms with van der Waals surface area (Å²) in [4.78, 5) is 20.1. The molecule has 6 nitrogen and oxygen atoms in total. The van der Waals surface area contributed by atoms with E-state index in [1.807, 2.05) is 0 Å². The van der Waals surface area contributed by atoms with Gasteiger partial charge in [0.05, 0.1) is 24.8 Å². The van der Waals surface area contributed by atoms with Crippen molar-refractivity contribution in [2.45, 2.75) is 25.4 Å². The van der Waals surface area contributed by atoms with Crippen LogP contribution in [0.2, 0.25) is 5.15 Å². The quantitative estimate of drug-likeness (QED) is 0.839. The Hall–Kier alpha value is -1.24. The highest BCUT2D eigenvalue weighted by molar-refractivity contribution is 6.29. The van der Waals surface area contributed by atoms with Crippen molar-refractivity contribution in [1.29, 1.82) is 0 Å². The van der Waals surface area contributed by atoms with Gasteiger partial charge in [-0.25, -0.2) is 4.98 Å². The van der Waals surface area contributed by atoms with Crippen LogP contribution >= 0.6 is 11.6 Å². The lowest BCUT2D eigenvalue weighted by Gasteiger charge is -2.28. The Bertz CT molecular complexity index is 450. The Balaban J connectivity index is 1.77. The van der Waals surface area contributed by atoms with E-state index in [-0.39, 0.29) is 11.8 Å². The van der Waals surface area contributed by atoms with Crippen LogP contribution in [0.1, 0.15) is 18.5 Å². The molecule has 1 amide bonds. The largest absolute Gasteiger partial charge is 0.383 e. The minimum atomic E-state index is -0.0152. The second kappa shape index (κ2) is 7.52. The molecule has 20 heavy (non-hydrogen) atoms. The van der Waals surface area contributed by atoms with E-state index >= 15 is 0 Å². The fraction of sp³-hybridized carbons (Fsp3) is 0.615. The van der Waals surface area contributed by atoms with E-state index in [1.165, 1.54) is 6.20 Å². The number of halogens is 1. The average molecular weight is 299 g/mol. The van der Waals surface area contributed by atoms with Gasteiger partial charge in [0.25, 0.3) is 0 Å². The van der Waals surface area contributed by atoms with Gasteiger partial charge in [-0.1, -0.05) is 11.6 Å². The molecule has 7 heteroatoms. The molecular formula is C13H19ClN4O2. The highest BCUT2D eigenvalue weighted by Crippen LogP contribution is 2.15. The first-order valence-corrected chi connectivity index (χ1v) is 7.04. The van der Waals surface area contributed by atoms with Gasteiger partial charge >= 0.3 is 0 Å². The van der Waals surface area contributed by atoms with E-state index in [9.17, 15) is 4.79 Å². The smallest absolute Gasteiger partial charge is 0.224 e. The minimum absolute atomic E-state index is 0.0152. The number of hydrogen-bond acceptors (Lipinski definition) is 5. The molecule has 1 aliphatic rings. The summed E-state index contributed by atoms with van der Waals surface area (Å²) in [5, 5.41) is 6.51. The number of aromatic nitrogens is 2. The second-order valence-electron chi connectivity index (χ2n) is 4.85. The standard InChI is InChI=1S/C13H19ClN4O2/c1-20-8-10-3-2-9(6-17-10)13(19)18-7-11-12(14)16-5-4-15-11/h4-5,9-10,17H,2-3,6-8H2,1H3,(H,18,19). The number of amides is 1. The van der Waals surface area contributed by atoms with Crippen molar-refractivity contribution in [3.8, 4) is 0 Å². The van der Waals surface area contributed by atoms with Crippen molar-refractivity contribution in [2.24, 2.45) is 5.92 Å². The van der Waals surface area contributed by atoms with E-state index in [0.717, 1.165) is 12.8 Å². The zero-order chi connectivity index (χ0) is 14.4. The molecule has 0 saturated carbocycles. The maximum absolute atomic E-state index is 12.1. The van der Waals surface area contributed by atoms with Crippen LogP contribution in [-0.4, -0.2) is 42.2 Å². The van der Waals surface area contributed by atoms with Crippen LogP contribution in [0.3, 0.4) is 0 Å². The van der Waals surface area contributed by atoms with Crippen LogP contribution in [0.5, 0.6) is 0 Å². The average Bonchev–Trinajstić information content (AvgIpc) is 2.47. The van der Waals surface area contributed by atoms with Crippen LogP contribution in [0, 0.1) is 5.92 Å². The molecule has 110 valence electrons. The number of nitrogens with zero attached hydrogens (tertiary/aromatic N) is 2. The highest BCUT2D eigenvalue weighted by atomic mass is 35.5. The summed E-state index contributed by atoms with van der Waals surface area (Å²) >= 11 is 5.90. The topological polar surface area (TPSA) is 76.1 Å². The summed E-state index contributed by atoms with van der Waals surface area (Å²) in [6.45, 7) is 1.67. The normalized spacial score (nSPS) is 22.5. The molecule has 0 aromatic carbocycles. The Labute approximate surface area is 123 Å². The SMILES string of the molecule is COCC1CCC(C(=O)NCc2nccnc2Cl)CN1. The lowest BCUT2D eigenvalue weighted by atomic mass is 9.94. The van der Waals surface area contributed by atoms with Crippen LogP contribution in [-0.2, 0) is 16.1 Å². The summed E-state index contributed by atoms with van der Waals surface area (Å²) in [6.07, 6.45) is 4.89. The fourth-order valence-electron chi connectivity index (χ4n) is 2.27. The van der Waals surface area contributed by atoms with Crippen LogP contribution in [0.4, 0.5) is 0 Å². The van der Waals surface area contributed by atoms with Gasteiger partial charge in [-0.3, -0.25) is 9.78 Å². The molecule has 0 bridgehead atoms. The van der Waals surface area contributed by atoms with E-state index in [1.54, 1.807) is 13.3 Å². The lowest BCUT2D eigenvalue weighted by molar-refractivity contribution is -0.125. The number of hydrogen-bond donors (Lipinski definition) is 2. The second-order valence-corrected chi connectivity index (χ2v) is 5.20. The Morgan fingerprint density at radius 1 is 1.50 bits per heavy atom. The monoisotopic (exact) mass is 298 g/mol. The van der Waals surface area contributed by atoms with Gasteiger partial charge in [-0.2, -0.15) is 0 Å². The molecule has 1 aliphatic heterocycles. The zero-order valence-corrected chi connectivity index (χ0v) is 12.2. The highest BCUT2D eigenvalue weighted by Gasteiger charge is 2.25. The van der Waals surface area contributed by atoms with Gasteiger partial charge in [0.15, 0.2) is 5.15 Å². The molecule has 0 radical (unpaired) electrons. The summed E-state index contributed by atoms with van der Waals surface area (Å²) in [5.41, 5.74) is 0.587. The number of rotatable bonds is 5. The Morgan fingerprint density at radius 2 is 2.30 bits per heavy atom. The Kier molecular flexibility index (Phi) is 5.70. The maximum Gasteiger partial charge on any atom is 0.224 e. The summed E-state index contributed by atoms with van der Waals surface area (Å²) < 4.78 is 5.10. The molecule has 0 spiro atoms. The first-order valence-electron chi connectivity index (χ1n) is 6.66.